The highest BCUT2D eigenvalue weighted by molar-refractivity contribution is 8.02. The molecule has 2 aromatic heterocycles. The lowest BCUT2D eigenvalue weighted by molar-refractivity contribution is 0.982. The Hall–Kier alpha value is -0.530. The maximum atomic E-state index is 4.22. The highest BCUT2D eigenvalue weighted by atomic mass is 32.2. The normalized spacial score (nSPS) is 10.6. The van der Waals surface area contributed by atoms with Crippen molar-refractivity contribution in [2.24, 2.45) is 0 Å². The Morgan fingerprint density at radius 1 is 1.15 bits per heavy atom. The average Bonchev–Trinajstić information content (AvgIpc) is 2.62. The molecule has 0 unspecified atom stereocenters. The lowest BCUT2D eigenvalue weighted by Crippen LogP contribution is -1.73. The Morgan fingerprint density at radius 3 is 2.54 bits per heavy atom. The average molecular weight is 230 g/mol. The zero-order chi connectivity index (χ0) is 9.26. The van der Waals surface area contributed by atoms with Gasteiger partial charge in [-0.25, -0.2) is 4.98 Å². The minimum absolute atomic E-state index is 0.814. The summed E-state index contributed by atoms with van der Waals surface area (Å²) in [6, 6.07) is 0. The van der Waals surface area contributed by atoms with Gasteiger partial charge in [0.05, 0.1) is 0 Å². The van der Waals surface area contributed by atoms with Gasteiger partial charge in [-0.05, 0) is 37.1 Å². The molecule has 2 aromatic rings. The van der Waals surface area contributed by atoms with E-state index in [1.165, 1.54) is 23.3 Å². The third kappa shape index (κ3) is 2.23. The lowest BCUT2D eigenvalue weighted by atomic mass is 10.8. The maximum Gasteiger partial charge on any atom is 0.181 e. The van der Waals surface area contributed by atoms with Gasteiger partial charge in [-0.15, -0.1) is 10.2 Å². The van der Waals surface area contributed by atoms with Crippen molar-refractivity contribution in [2.45, 2.75) is 22.5 Å². The van der Waals surface area contributed by atoms with E-state index in [0.29, 0.717) is 0 Å². The summed E-state index contributed by atoms with van der Waals surface area (Å²) >= 11 is 4.48. The summed E-state index contributed by atoms with van der Waals surface area (Å²) in [7, 11) is 0. The zero-order valence-corrected chi connectivity index (χ0v) is 9.46. The molecule has 0 amide bonds. The van der Waals surface area contributed by atoms with E-state index in [1.54, 1.807) is 11.3 Å². The van der Waals surface area contributed by atoms with Crippen molar-refractivity contribution in [1.29, 1.82) is 0 Å². The summed E-state index contributed by atoms with van der Waals surface area (Å²) < 4.78 is 5.94. The predicted octanol–water partition coefficient (Wildman–Crippen LogP) is 2.16. The van der Waals surface area contributed by atoms with E-state index in [-0.39, 0.29) is 0 Å². The van der Waals surface area contributed by atoms with E-state index in [1.807, 2.05) is 13.8 Å². The van der Waals surface area contributed by atoms with Crippen LogP contribution in [0.1, 0.15) is 10.8 Å². The van der Waals surface area contributed by atoms with Crippen molar-refractivity contribution in [1.82, 2.24) is 19.6 Å². The predicted molar refractivity (Wildman–Crippen MR) is 53.4 cm³/mol. The number of nitrogens with zero attached hydrogens (tertiary/aromatic N) is 4. The molecule has 13 heavy (non-hydrogen) atoms. The number of aryl methyl sites for hydroxylation is 2. The van der Waals surface area contributed by atoms with Crippen molar-refractivity contribution < 1.29 is 0 Å². The summed E-state index contributed by atoms with van der Waals surface area (Å²) in [5.74, 6) is 0.814. The van der Waals surface area contributed by atoms with Crippen LogP contribution in [0.3, 0.4) is 0 Å². The second kappa shape index (κ2) is 3.69. The van der Waals surface area contributed by atoms with Crippen LogP contribution in [0.5, 0.6) is 0 Å². The number of hydrogen-bond acceptors (Lipinski definition) is 7. The van der Waals surface area contributed by atoms with E-state index in [4.69, 9.17) is 0 Å². The van der Waals surface area contributed by atoms with Crippen LogP contribution in [0.15, 0.2) is 8.68 Å². The fourth-order valence-corrected chi connectivity index (χ4v) is 3.38. The van der Waals surface area contributed by atoms with Gasteiger partial charge in [0.2, 0.25) is 0 Å². The second-order valence-electron chi connectivity index (χ2n) is 2.30. The van der Waals surface area contributed by atoms with E-state index in [0.717, 1.165) is 19.5 Å². The smallest absolute Gasteiger partial charge is 0.181 e. The van der Waals surface area contributed by atoms with Crippen LogP contribution >= 0.6 is 34.6 Å². The van der Waals surface area contributed by atoms with Crippen molar-refractivity contribution in [2.75, 3.05) is 0 Å². The molecule has 2 heterocycles. The molecule has 0 aliphatic heterocycles. The Balaban J connectivity index is 2.14. The van der Waals surface area contributed by atoms with Crippen LogP contribution in [-0.2, 0) is 0 Å². The summed E-state index contributed by atoms with van der Waals surface area (Å²) in [6.07, 6.45) is 0. The quantitative estimate of drug-likeness (QED) is 0.791. The fourth-order valence-electron chi connectivity index (χ4n) is 0.714. The van der Waals surface area contributed by atoms with E-state index < -0.39 is 0 Å². The van der Waals surface area contributed by atoms with Crippen molar-refractivity contribution in [3.05, 3.63) is 10.8 Å². The van der Waals surface area contributed by atoms with Crippen molar-refractivity contribution >= 4 is 34.6 Å². The molecule has 0 N–H and O–H groups in total. The van der Waals surface area contributed by atoms with Crippen LogP contribution in [0, 0.1) is 13.8 Å². The molecule has 0 saturated heterocycles. The van der Waals surface area contributed by atoms with Gasteiger partial charge in [-0.1, -0.05) is 11.3 Å². The monoisotopic (exact) mass is 230 g/mol. The van der Waals surface area contributed by atoms with Gasteiger partial charge < -0.3 is 0 Å². The summed E-state index contributed by atoms with van der Waals surface area (Å²) in [5, 5.41) is 8.89. The summed E-state index contributed by atoms with van der Waals surface area (Å²) in [4.78, 5) is 4.22. The van der Waals surface area contributed by atoms with E-state index in [2.05, 4.69) is 19.6 Å². The van der Waals surface area contributed by atoms with Crippen molar-refractivity contribution in [3.8, 4) is 0 Å². The zero-order valence-electron chi connectivity index (χ0n) is 7.01. The van der Waals surface area contributed by atoms with Crippen molar-refractivity contribution in [3.63, 3.8) is 0 Å². The molecule has 68 valence electrons. The second-order valence-corrected chi connectivity index (χ2v) is 5.72. The first-order valence-electron chi connectivity index (χ1n) is 3.52. The molecule has 0 fully saturated rings. The minimum Gasteiger partial charge on any atom is -0.213 e. The number of aromatic nitrogens is 4. The van der Waals surface area contributed by atoms with Crippen LogP contribution in [0.2, 0.25) is 0 Å². The largest absolute Gasteiger partial charge is 0.213 e. The SMILES string of the molecule is Cc1nsc(Sc2nnc(C)s2)n1. The van der Waals surface area contributed by atoms with E-state index in [9.17, 15) is 0 Å². The first kappa shape index (κ1) is 9.04. The maximum absolute atomic E-state index is 4.22. The van der Waals surface area contributed by atoms with Gasteiger partial charge in [-0.3, -0.25) is 0 Å². The Bertz CT molecular complexity index is 369. The van der Waals surface area contributed by atoms with Crippen LogP contribution in [-0.4, -0.2) is 19.6 Å². The van der Waals surface area contributed by atoms with E-state index >= 15 is 0 Å². The van der Waals surface area contributed by atoms with Crippen LogP contribution in [0.25, 0.3) is 0 Å². The van der Waals surface area contributed by atoms with Gasteiger partial charge in [-0.2, -0.15) is 4.37 Å². The van der Waals surface area contributed by atoms with Gasteiger partial charge in [0.1, 0.15) is 10.8 Å². The molecule has 7 heteroatoms. The molecular weight excluding hydrogens is 224 g/mol. The highest BCUT2D eigenvalue weighted by Crippen LogP contribution is 2.30. The van der Waals surface area contributed by atoms with Crippen LogP contribution in [0.4, 0.5) is 0 Å². The Kier molecular flexibility index (Phi) is 2.56. The van der Waals surface area contributed by atoms with Gasteiger partial charge in [0, 0.05) is 0 Å². The Morgan fingerprint density at radius 2 is 2.00 bits per heavy atom. The lowest BCUT2D eigenvalue weighted by Gasteiger charge is -1.84. The molecule has 0 aliphatic carbocycles. The Labute approximate surface area is 87.6 Å². The summed E-state index contributed by atoms with van der Waals surface area (Å²) in [6.45, 7) is 3.82. The first-order chi connectivity index (χ1) is 6.24. The summed E-state index contributed by atoms with van der Waals surface area (Å²) in [5.41, 5.74) is 0. The third-order valence-electron chi connectivity index (χ3n) is 1.19. The van der Waals surface area contributed by atoms with Gasteiger partial charge in [0.15, 0.2) is 8.68 Å². The molecule has 0 bridgehead atoms. The standard InChI is InChI=1S/C6H6N4S3/c1-3-7-5(13-10-3)12-6-9-8-4(2)11-6/h1-2H3. The number of rotatable bonds is 2. The molecule has 0 spiro atoms. The molecule has 4 nitrogen and oxygen atoms in total. The topological polar surface area (TPSA) is 51.6 Å². The molecule has 0 saturated carbocycles. The van der Waals surface area contributed by atoms with Crippen LogP contribution < -0.4 is 0 Å². The first-order valence-corrected chi connectivity index (χ1v) is 5.93. The van der Waals surface area contributed by atoms with Gasteiger partial charge >= 0.3 is 0 Å². The molecule has 0 atom stereocenters. The molecule has 2 rings (SSSR count). The van der Waals surface area contributed by atoms with Gasteiger partial charge in [0.25, 0.3) is 0 Å². The number of hydrogen-bond donors (Lipinski definition) is 0. The minimum atomic E-state index is 0.814. The molecular formula is C6H6N4S3. The highest BCUT2D eigenvalue weighted by Gasteiger charge is 2.06. The fraction of sp³-hybridized carbons (Fsp3) is 0.333. The molecule has 0 aliphatic rings. The third-order valence-corrected chi connectivity index (χ3v) is 3.92. The molecule has 0 aromatic carbocycles. The molecule has 0 radical (unpaired) electrons.